The van der Waals surface area contributed by atoms with Crippen molar-refractivity contribution in [1.82, 2.24) is 10.2 Å². The molecule has 0 saturated carbocycles. The second kappa shape index (κ2) is 14.1. The van der Waals surface area contributed by atoms with E-state index in [9.17, 15) is 14.4 Å². The molecule has 41 heavy (non-hydrogen) atoms. The maximum absolute atomic E-state index is 13.5. The molecule has 2 aliphatic heterocycles. The van der Waals surface area contributed by atoms with Crippen molar-refractivity contribution in [2.24, 2.45) is 11.5 Å². The fourth-order valence-electron chi connectivity index (χ4n) is 3.97. The number of carbonyl (C=O) groups excluding carboxylic acids is 3. The van der Waals surface area contributed by atoms with Gasteiger partial charge in [0.2, 0.25) is 5.91 Å². The number of benzene rings is 2. The molecule has 216 valence electrons. The Hall–Kier alpha value is -3.27. The van der Waals surface area contributed by atoms with Gasteiger partial charge in [0.25, 0.3) is 5.91 Å². The molecular weight excluding hydrogens is 605 g/mol. The van der Waals surface area contributed by atoms with E-state index in [0.717, 1.165) is 27.8 Å². The number of β-lactam (4-membered cyclic amide) rings is 1. The van der Waals surface area contributed by atoms with Crippen LogP contribution in [-0.2, 0) is 31.5 Å². The molecule has 2 heterocycles. The van der Waals surface area contributed by atoms with Crippen LogP contribution in [0.2, 0.25) is 0 Å². The van der Waals surface area contributed by atoms with Gasteiger partial charge < -0.3 is 26.3 Å². The minimum atomic E-state index is -0.810. The van der Waals surface area contributed by atoms with Crippen LogP contribution in [0.25, 0.3) is 0 Å². The average molecular weight is 633 g/mol. The number of carbonyl (C=O) groups is 3. The van der Waals surface area contributed by atoms with E-state index in [2.05, 4.69) is 5.32 Å². The first-order valence-corrected chi connectivity index (χ1v) is 16.0. The smallest absolute Gasteiger partial charge is 0.356 e. The zero-order valence-electron chi connectivity index (χ0n) is 21.9. The maximum atomic E-state index is 13.5. The van der Waals surface area contributed by atoms with Crippen molar-refractivity contribution in [2.45, 2.75) is 28.7 Å². The molecule has 1 fully saturated rings. The van der Waals surface area contributed by atoms with Crippen LogP contribution in [0.5, 0.6) is 5.75 Å². The summed E-state index contributed by atoms with van der Waals surface area (Å²) in [5.41, 5.74) is 12.7. The normalized spacial score (nSPS) is 17.8. The Morgan fingerprint density at radius 1 is 1.10 bits per heavy atom. The fourth-order valence-corrected chi connectivity index (χ4v) is 7.59. The Kier molecular flexibility index (Phi) is 10.5. The number of rotatable bonds is 11. The van der Waals surface area contributed by atoms with Crippen LogP contribution in [0.3, 0.4) is 0 Å². The third-order valence-electron chi connectivity index (χ3n) is 5.92. The van der Waals surface area contributed by atoms with Crippen LogP contribution in [0.1, 0.15) is 11.1 Å². The number of thioether (sulfide) groups is 4. The Balaban J connectivity index is 1.57. The Bertz CT molecular complexity index is 1390. The molecular formula is C26H28N6O5S4. The van der Waals surface area contributed by atoms with Crippen LogP contribution in [-0.4, -0.2) is 63.1 Å². The van der Waals surface area contributed by atoms with Crippen LogP contribution >= 0.6 is 47.0 Å². The first-order chi connectivity index (χ1) is 19.7. The molecule has 2 aromatic rings. The Morgan fingerprint density at radius 3 is 2.49 bits per heavy atom. The Morgan fingerprint density at radius 2 is 1.80 bits per heavy atom. The maximum Gasteiger partial charge on any atom is 0.356 e. The predicted octanol–water partition coefficient (Wildman–Crippen LogP) is 2.90. The van der Waals surface area contributed by atoms with Gasteiger partial charge in [0.1, 0.15) is 29.5 Å². The number of nitrogens with two attached hydrogens (primary N) is 2. The van der Waals surface area contributed by atoms with Crippen molar-refractivity contribution in [3.63, 3.8) is 0 Å². The highest BCUT2D eigenvalue weighted by Crippen LogP contribution is 2.46. The van der Waals surface area contributed by atoms with Gasteiger partial charge in [-0.3, -0.25) is 25.3 Å². The molecule has 1 saturated heterocycles. The second-order valence-corrected chi connectivity index (χ2v) is 12.9. The number of nitrogens with one attached hydrogen (secondary N) is 3. The molecule has 0 unspecified atom stereocenters. The second-order valence-electron chi connectivity index (χ2n) is 8.67. The number of nitrogens with zero attached hydrogens (tertiary/aromatic N) is 1. The standard InChI is InChI=1S/C26H28N6O5S4/c1-36-16-8-6-14(7-9-16)10-37-24(35)21-18(41-17-5-3-2-4-15(17)11-39-25(27)28)12-38-23-20(22(34)32(21)23)31-19(33)13-40-26(29)30/h2-9,20,23H,10-13H2,1H3,(H3,27,28)(H3,29,30)(H,31,33)/t20-,23-/m1/s1. The molecule has 15 heteroatoms. The first-order valence-electron chi connectivity index (χ1n) is 12.1. The molecule has 0 bridgehead atoms. The highest BCUT2D eigenvalue weighted by molar-refractivity contribution is 8.14. The molecule has 0 radical (unpaired) electrons. The highest BCUT2D eigenvalue weighted by Gasteiger charge is 2.54. The van der Waals surface area contributed by atoms with Gasteiger partial charge >= 0.3 is 5.97 Å². The number of fused-ring (bicyclic) bond motifs is 1. The summed E-state index contributed by atoms with van der Waals surface area (Å²) in [7, 11) is 1.57. The lowest BCUT2D eigenvalue weighted by Gasteiger charge is -2.49. The van der Waals surface area contributed by atoms with E-state index in [1.165, 1.54) is 40.2 Å². The quantitative estimate of drug-likeness (QED) is 0.106. The van der Waals surface area contributed by atoms with Gasteiger partial charge in [-0.25, -0.2) is 4.79 Å². The molecule has 2 amide bonds. The molecule has 2 aromatic carbocycles. The molecule has 2 atom stereocenters. The summed E-state index contributed by atoms with van der Waals surface area (Å²) in [4.78, 5) is 42.1. The van der Waals surface area contributed by atoms with E-state index in [1.807, 2.05) is 24.3 Å². The number of hydrogen-bond acceptors (Lipinski definition) is 11. The van der Waals surface area contributed by atoms with Gasteiger partial charge in [-0.05, 0) is 29.3 Å². The number of amidine groups is 2. The van der Waals surface area contributed by atoms with Gasteiger partial charge in [0, 0.05) is 21.3 Å². The number of methoxy groups -OCH3 is 1. The van der Waals surface area contributed by atoms with Crippen LogP contribution in [0.4, 0.5) is 0 Å². The van der Waals surface area contributed by atoms with Crippen molar-refractivity contribution < 1.29 is 23.9 Å². The predicted molar refractivity (Wildman–Crippen MR) is 165 cm³/mol. The number of amides is 2. The summed E-state index contributed by atoms with van der Waals surface area (Å²) < 4.78 is 10.8. The van der Waals surface area contributed by atoms with E-state index in [-0.39, 0.29) is 28.4 Å². The summed E-state index contributed by atoms with van der Waals surface area (Å²) in [6.07, 6.45) is 0. The minimum Gasteiger partial charge on any atom is -0.497 e. The van der Waals surface area contributed by atoms with Crippen LogP contribution in [0, 0.1) is 10.8 Å². The third-order valence-corrected chi connectivity index (χ3v) is 10.1. The van der Waals surface area contributed by atoms with Crippen molar-refractivity contribution in [3.05, 3.63) is 70.3 Å². The average Bonchev–Trinajstić information content (AvgIpc) is 2.97. The van der Waals surface area contributed by atoms with Crippen molar-refractivity contribution in [1.29, 1.82) is 10.8 Å². The molecule has 0 spiro atoms. The first kappa shape index (κ1) is 30.7. The summed E-state index contributed by atoms with van der Waals surface area (Å²) in [6, 6.07) is 13.9. The van der Waals surface area contributed by atoms with Gasteiger partial charge in [0.15, 0.2) is 10.3 Å². The largest absolute Gasteiger partial charge is 0.497 e. The topological polar surface area (TPSA) is 185 Å². The van der Waals surface area contributed by atoms with Gasteiger partial charge in [-0.15, -0.1) is 11.8 Å². The number of esters is 1. The minimum absolute atomic E-state index is 0.00160. The fraction of sp³-hybridized carbons (Fsp3) is 0.269. The summed E-state index contributed by atoms with van der Waals surface area (Å²) in [5, 5.41) is 16.9. The number of hydrogen-bond donors (Lipinski definition) is 5. The zero-order chi connectivity index (χ0) is 29.5. The molecule has 2 aliphatic rings. The summed E-state index contributed by atoms with van der Waals surface area (Å²) in [5.74, 6) is -0.000467. The van der Waals surface area contributed by atoms with Crippen LogP contribution < -0.4 is 21.5 Å². The molecule has 0 aromatic heterocycles. The molecule has 0 aliphatic carbocycles. The lowest BCUT2D eigenvalue weighted by atomic mass is 10.1. The van der Waals surface area contributed by atoms with Gasteiger partial charge in [0.05, 0.1) is 12.9 Å². The van der Waals surface area contributed by atoms with Crippen molar-refractivity contribution >= 4 is 75.2 Å². The third kappa shape index (κ3) is 7.72. The Labute approximate surface area is 253 Å². The van der Waals surface area contributed by atoms with E-state index < -0.39 is 29.2 Å². The van der Waals surface area contributed by atoms with Crippen molar-refractivity contribution in [2.75, 3.05) is 18.6 Å². The van der Waals surface area contributed by atoms with Crippen molar-refractivity contribution in [3.8, 4) is 5.75 Å². The summed E-state index contributed by atoms with van der Waals surface area (Å²) in [6.45, 7) is -0.00160. The van der Waals surface area contributed by atoms with Crippen LogP contribution in [0.15, 0.2) is 64.0 Å². The highest BCUT2D eigenvalue weighted by atomic mass is 32.2. The van der Waals surface area contributed by atoms with E-state index in [4.69, 9.17) is 31.8 Å². The SMILES string of the molecule is COc1ccc(COC(=O)C2=C(Sc3ccccc3CSC(=N)N)CS[C@@H]3[C@H](NC(=O)CSC(=N)N)C(=O)N23)cc1. The molecule has 11 nitrogen and oxygen atoms in total. The van der Waals surface area contributed by atoms with E-state index in [1.54, 1.807) is 31.4 Å². The molecule has 4 rings (SSSR count). The summed E-state index contributed by atoms with van der Waals surface area (Å²) >= 11 is 4.87. The zero-order valence-corrected chi connectivity index (χ0v) is 25.1. The number of ether oxygens (including phenoxy) is 2. The molecule has 7 N–H and O–H groups in total. The van der Waals surface area contributed by atoms with E-state index in [0.29, 0.717) is 22.2 Å². The van der Waals surface area contributed by atoms with E-state index >= 15 is 0 Å². The lowest BCUT2D eigenvalue weighted by molar-refractivity contribution is -0.153. The lowest BCUT2D eigenvalue weighted by Crippen LogP contribution is -2.70. The monoisotopic (exact) mass is 632 g/mol. The van der Waals surface area contributed by atoms with Gasteiger partial charge in [-0.2, -0.15) is 0 Å². The van der Waals surface area contributed by atoms with Gasteiger partial charge in [-0.1, -0.05) is 65.6 Å².